The Hall–Kier alpha value is -3.61. The van der Waals surface area contributed by atoms with Gasteiger partial charge in [-0.25, -0.2) is 0 Å². The number of carbonyl (C=O) groups excluding carboxylic acids is 1. The lowest BCUT2D eigenvalue weighted by atomic mass is 10.1. The summed E-state index contributed by atoms with van der Waals surface area (Å²) in [5, 5.41) is 17.3. The van der Waals surface area contributed by atoms with E-state index in [-0.39, 0.29) is 23.2 Å². The molecule has 1 atom stereocenters. The number of amides is 1. The molecule has 3 aromatic rings. The second-order valence-corrected chi connectivity index (χ2v) is 6.47. The van der Waals surface area contributed by atoms with Gasteiger partial charge in [0.2, 0.25) is 0 Å². The van der Waals surface area contributed by atoms with E-state index < -0.39 is 4.92 Å². The molecule has 0 saturated carbocycles. The quantitative estimate of drug-likeness (QED) is 0.437. The highest BCUT2D eigenvalue weighted by molar-refractivity contribution is 5.96. The fourth-order valence-electron chi connectivity index (χ4n) is 2.80. The van der Waals surface area contributed by atoms with Crippen LogP contribution in [0.1, 0.15) is 29.5 Å². The normalized spacial score (nSPS) is 11.6. The van der Waals surface area contributed by atoms with Gasteiger partial charge in [-0.1, -0.05) is 18.2 Å². The summed E-state index contributed by atoms with van der Waals surface area (Å²) in [4.78, 5) is 23.5. The first-order valence-corrected chi connectivity index (χ1v) is 8.96. The van der Waals surface area contributed by atoms with Crippen molar-refractivity contribution in [2.24, 2.45) is 0 Å². The Kier molecular flexibility index (Phi) is 6.06. The maximum absolute atomic E-state index is 12.5. The highest BCUT2D eigenvalue weighted by Crippen LogP contribution is 2.28. The predicted octanol–water partition coefficient (Wildman–Crippen LogP) is 4.68. The number of hydrogen-bond acceptors (Lipinski definition) is 5. The summed E-state index contributed by atoms with van der Waals surface area (Å²) in [5.74, 6) is 0.509. The van der Waals surface area contributed by atoms with E-state index in [1.165, 1.54) is 6.07 Å². The summed E-state index contributed by atoms with van der Waals surface area (Å²) in [7, 11) is 0. The van der Waals surface area contributed by atoms with Crippen molar-refractivity contribution in [2.75, 3.05) is 5.32 Å². The Morgan fingerprint density at radius 2 is 1.93 bits per heavy atom. The van der Waals surface area contributed by atoms with Crippen LogP contribution >= 0.6 is 0 Å². The predicted molar refractivity (Wildman–Crippen MR) is 107 cm³/mol. The van der Waals surface area contributed by atoms with Crippen molar-refractivity contribution >= 4 is 23.0 Å². The van der Waals surface area contributed by atoms with Crippen LogP contribution in [0.3, 0.4) is 0 Å². The van der Waals surface area contributed by atoms with Crippen LogP contribution in [0.15, 0.2) is 71.3 Å². The Morgan fingerprint density at radius 3 is 2.61 bits per heavy atom. The number of rotatable bonds is 8. The summed E-state index contributed by atoms with van der Waals surface area (Å²) in [6, 6.07) is 17.2. The maximum Gasteiger partial charge on any atom is 0.293 e. The van der Waals surface area contributed by atoms with Gasteiger partial charge in [0.1, 0.15) is 11.4 Å². The van der Waals surface area contributed by atoms with Crippen LogP contribution in [0.25, 0.3) is 0 Å². The number of furan rings is 1. The molecule has 0 saturated heterocycles. The van der Waals surface area contributed by atoms with Crippen LogP contribution in [-0.2, 0) is 6.42 Å². The van der Waals surface area contributed by atoms with Gasteiger partial charge in [0.25, 0.3) is 11.6 Å². The third-order valence-electron chi connectivity index (χ3n) is 4.29. The Bertz CT molecular complexity index is 940. The molecule has 144 valence electrons. The van der Waals surface area contributed by atoms with E-state index in [0.717, 1.165) is 11.4 Å². The number of carbonyl (C=O) groups is 1. The zero-order valence-electron chi connectivity index (χ0n) is 15.4. The van der Waals surface area contributed by atoms with Gasteiger partial charge in [-0.15, -0.1) is 0 Å². The van der Waals surface area contributed by atoms with Crippen LogP contribution in [0.4, 0.5) is 17.1 Å². The molecule has 0 aliphatic carbocycles. The van der Waals surface area contributed by atoms with E-state index in [2.05, 4.69) is 10.6 Å². The molecule has 0 fully saturated rings. The lowest BCUT2D eigenvalue weighted by molar-refractivity contribution is -0.383. The van der Waals surface area contributed by atoms with Crippen molar-refractivity contribution in [3.05, 3.63) is 88.4 Å². The van der Waals surface area contributed by atoms with Gasteiger partial charge < -0.3 is 15.1 Å². The molecule has 1 amide bonds. The largest absolute Gasteiger partial charge is 0.469 e. The van der Waals surface area contributed by atoms with Gasteiger partial charge in [-0.2, -0.15) is 0 Å². The number of anilines is 2. The molecular formula is C21H21N3O4. The molecule has 2 aromatic carbocycles. The van der Waals surface area contributed by atoms with Crippen LogP contribution in [-0.4, -0.2) is 16.9 Å². The first kappa shape index (κ1) is 19.2. The SMILES string of the molecule is CC(CCc1ccco1)NC(=O)c1ccc(Nc2ccccc2)c([N+](=O)[O-])c1. The fraction of sp³-hybridized carbons (Fsp3) is 0.190. The van der Waals surface area contributed by atoms with Crippen LogP contribution in [0, 0.1) is 10.1 Å². The number of nitrogens with zero attached hydrogens (tertiary/aromatic N) is 1. The number of nitro groups is 1. The maximum atomic E-state index is 12.5. The van der Waals surface area contributed by atoms with Crippen LogP contribution in [0.2, 0.25) is 0 Å². The molecule has 2 N–H and O–H groups in total. The molecule has 0 radical (unpaired) electrons. The molecule has 1 heterocycles. The van der Waals surface area contributed by atoms with E-state index >= 15 is 0 Å². The van der Waals surface area contributed by atoms with E-state index in [1.54, 1.807) is 18.4 Å². The van der Waals surface area contributed by atoms with E-state index in [1.807, 2.05) is 49.4 Å². The minimum absolute atomic E-state index is 0.0984. The first-order valence-electron chi connectivity index (χ1n) is 8.96. The molecule has 0 aliphatic heterocycles. The number of nitrogens with one attached hydrogen (secondary N) is 2. The molecular weight excluding hydrogens is 358 g/mol. The molecule has 1 unspecified atom stereocenters. The van der Waals surface area contributed by atoms with Crippen molar-refractivity contribution in [3.8, 4) is 0 Å². The molecule has 0 bridgehead atoms. The minimum atomic E-state index is -0.498. The van der Waals surface area contributed by atoms with Crippen molar-refractivity contribution in [1.29, 1.82) is 0 Å². The third-order valence-corrected chi connectivity index (χ3v) is 4.29. The molecule has 28 heavy (non-hydrogen) atoms. The average Bonchev–Trinajstić information content (AvgIpc) is 3.21. The Labute approximate surface area is 162 Å². The molecule has 0 spiro atoms. The van der Waals surface area contributed by atoms with Gasteiger partial charge in [0, 0.05) is 29.8 Å². The van der Waals surface area contributed by atoms with Crippen molar-refractivity contribution in [3.63, 3.8) is 0 Å². The third kappa shape index (κ3) is 4.97. The van der Waals surface area contributed by atoms with Gasteiger partial charge in [-0.3, -0.25) is 14.9 Å². The van der Waals surface area contributed by atoms with Gasteiger partial charge in [-0.05, 0) is 49.7 Å². The summed E-state index contributed by atoms with van der Waals surface area (Å²) in [6.45, 7) is 1.89. The fourth-order valence-corrected chi connectivity index (χ4v) is 2.80. The molecule has 1 aromatic heterocycles. The minimum Gasteiger partial charge on any atom is -0.469 e. The van der Waals surface area contributed by atoms with Crippen LogP contribution in [0.5, 0.6) is 0 Å². The average molecular weight is 379 g/mol. The van der Waals surface area contributed by atoms with E-state index in [0.29, 0.717) is 18.5 Å². The second kappa shape index (κ2) is 8.85. The smallest absolute Gasteiger partial charge is 0.293 e. The standard InChI is InChI=1S/C21H21N3O4/c1-15(9-11-18-8-5-13-28-18)22-21(25)16-10-12-19(20(14-16)24(26)27)23-17-6-3-2-4-7-17/h2-8,10,12-15,23H,9,11H2,1H3,(H,22,25). The van der Waals surface area contributed by atoms with E-state index in [4.69, 9.17) is 4.42 Å². The number of nitro benzene ring substituents is 1. The summed E-state index contributed by atoms with van der Waals surface area (Å²) in [6.07, 6.45) is 3.02. The Balaban J connectivity index is 1.68. The summed E-state index contributed by atoms with van der Waals surface area (Å²) < 4.78 is 5.28. The Morgan fingerprint density at radius 1 is 1.14 bits per heavy atom. The van der Waals surface area contributed by atoms with E-state index in [9.17, 15) is 14.9 Å². The van der Waals surface area contributed by atoms with Crippen LogP contribution < -0.4 is 10.6 Å². The monoisotopic (exact) mass is 379 g/mol. The lowest BCUT2D eigenvalue weighted by Crippen LogP contribution is -2.32. The van der Waals surface area contributed by atoms with Gasteiger partial charge in [0.05, 0.1) is 11.2 Å². The highest BCUT2D eigenvalue weighted by atomic mass is 16.6. The first-order chi connectivity index (χ1) is 13.5. The van der Waals surface area contributed by atoms with Gasteiger partial charge >= 0.3 is 0 Å². The topological polar surface area (TPSA) is 97.4 Å². The zero-order chi connectivity index (χ0) is 19.9. The molecule has 7 nitrogen and oxygen atoms in total. The van der Waals surface area contributed by atoms with Crippen molar-refractivity contribution in [2.45, 2.75) is 25.8 Å². The molecule has 0 aliphatic rings. The van der Waals surface area contributed by atoms with Gasteiger partial charge in [0.15, 0.2) is 0 Å². The lowest BCUT2D eigenvalue weighted by Gasteiger charge is -2.14. The number of aryl methyl sites for hydroxylation is 1. The van der Waals surface area contributed by atoms with Crippen molar-refractivity contribution < 1.29 is 14.1 Å². The van der Waals surface area contributed by atoms with Crippen molar-refractivity contribution in [1.82, 2.24) is 5.32 Å². The number of benzene rings is 2. The molecule has 7 heteroatoms. The second-order valence-electron chi connectivity index (χ2n) is 6.47. The molecule has 3 rings (SSSR count). The summed E-state index contributed by atoms with van der Waals surface area (Å²) in [5.41, 5.74) is 1.16. The summed E-state index contributed by atoms with van der Waals surface area (Å²) >= 11 is 0. The number of para-hydroxylation sites is 1. The highest BCUT2D eigenvalue weighted by Gasteiger charge is 2.19. The zero-order valence-corrected chi connectivity index (χ0v) is 15.4. The number of hydrogen-bond donors (Lipinski definition) is 2.